The van der Waals surface area contributed by atoms with Crippen molar-refractivity contribution in [3.8, 4) is 28.1 Å². The molecule has 33 heavy (non-hydrogen) atoms. The number of nitrogens with zero attached hydrogens (tertiary/aromatic N) is 3. The number of para-hydroxylation sites is 1. The number of hydrogen-bond donors (Lipinski definition) is 1. The first-order chi connectivity index (χ1) is 16.2. The van der Waals surface area contributed by atoms with Crippen LogP contribution in [0.5, 0.6) is 5.75 Å². The Balaban J connectivity index is 1.70. The van der Waals surface area contributed by atoms with E-state index in [1.807, 2.05) is 67.6 Å². The van der Waals surface area contributed by atoms with Gasteiger partial charge in [-0.15, -0.1) is 0 Å². The summed E-state index contributed by atoms with van der Waals surface area (Å²) in [6, 6.07) is 22.9. The van der Waals surface area contributed by atoms with Crippen LogP contribution in [0.2, 0.25) is 0 Å². The van der Waals surface area contributed by atoms with Gasteiger partial charge >= 0.3 is 0 Å². The highest BCUT2D eigenvalue weighted by Crippen LogP contribution is 2.34. The Morgan fingerprint density at radius 2 is 1.85 bits per heavy atom. The van der Waals surface area contributed by atoms with Crippen molar-refractivity contribution in [3.05, 3.63) is 96.2 Å². The topological polar surface area (TPSA) is 81.7 Å². The SMILES string of the molecule is COc1ccccc1-c1cc(C(=O)NCc2ccco2)nc2c(-c3ccccc3)c(C)nn12. The van der Waals surface area contributed by atoms with Gasteiger partial charge in [0.15, 0.2) is 5.65 Å². The molecule has 1 N–H and O–H groups in total. The van der Waals surface area contributed by atoms with Gasteiger partial charge in [-0.2, -0.15) is 5.10 Å². The molecule has 2 aromatic carbocycles. The van der Waals surface area contributed by atoms with Crippen molar-refractivity contribution in [3.63, 3.8) is 0 Å². The van der Waals surface area contributed by atoms with E-state index in [0.717, 1.165) is 22.4 Å². The van der Waals surface area contributed by atoms with Crippen LogP contribution in [-0.4, -0.2) is 27.6 Å². The van der Waals surface area contributed by atoms with Crippen molar-refractivity contribution in [2.45, 2.75) is 13.5 Å². The Labute approximate surface area is 190 Å². The van der Waals surface area contributed by atoms with Crippen LogP contribution in [0.4, 0.5) is 0 Å². The highest BCUT2D eigenvalue weighted by Gasteiger charge is 2.21. The summed E-state index contributed by atoms with van der Waals surface area (Å²) >= 11 is 0. The Morgan fingerprint density at radius 3 is 2.61 bits per heavy atom. The summed E-state index contributed by atoms with van der Waals surface area (Å²) < 4.78 is 12.7. The summed E-state index contributed by atoms with van der Waals surface area (Å²) in [5, 5.41) is 7.66. The number of carbonyl (C=O) groups is 1. The fraction of sp³-hybridized carbons (Fsp3) is 0.115. The molecular weight excluding hydrogens is 416 g/mol. The molecule has 7 nitrogen and oxygen atoms in total. The minimum Gasteiger partial charge on any atom is -0.496 e. The van der Waals surface area contributed by atoms with Gasteiger partial charge in [0.25, 0.3) is 5.91 Å². The minimum absolute atomic E-state index is 0.270. The van der Waals surface area contributed by atoms with Crippen LogP contribution in [0.15, 0.2) is 83.5 Å². The Morgan fingerprint density at radius 1 is 1.06 bits per heavy atom. The predicted molar refractivity (Wildman–Crippen MR) is 125 cm³/mol. The number of furan rings is 1. The van der Waals surface area contributed by atoms with Crippen LogP contribution >= 0.6 is 0 Å². The van der Waals surface area contributed by atoms with E-state index in [9.17, 15) is 4.79 Å². The fourth-order valence-corrected chi connectivity index (χ4v) is 3.90. The van der Waals surface area contributed by atoms with Gasteiger partial charge in [-0.1, -0.05) is 42.5 Å². The zero-order valence-corrected chi connectivity index (χ0v) is 18.3. The van der Waals surface area contributed by atoms with E-state index in [4.69, 9.17) is 19.2 Å². The number of ether oxygens (including phenoxy) is 1. The molecule has 0 unspecified atom stereocenters. The second kappa shape index (κ2) is 8.63. The monoisotopic (exact) mass is 438 g/mol. The highest BCUT2D eigenvalue weighted by molar-refractivity contribution is 5.95. The Kier molecular flexibility index (Phi) is 5.36. The standard InChI is InChI=1S/C26H22N4O3/c1-17-24(18-9-4-3-5-10-18)25-28-21(26(31)27-16-19-11-8-14-33-19)15-22(30(25)29-17)20-12-6-7-13-23(20)32-2/h3-15H,16H2,1-2H3,(H,27,31). The average Bonchev–Trinajstić information content (AvgIpc) is 3.49. The molecule has 0 spiro atoms. The predicted octanol–water partition coefficient (Wildman–Crippen LogP) is 4.90. The molecule has 0 aliphatic carbocycles. The van der Waals surface area contributed by atoms with E-state index in [1.54, 1.807) is 30.0 Å². The molecule has 164 valence electrons. The first-order valence-electron chi connectivity index (χ1n) is 10.6. The molecule has 3 heterocycles. The quantitative estimate of drug-likeness (QED) is 0.408. The van der Waals surface area contributed by atoms with Crippen LogP contribution in [-0.2, 0) is 6.54 Å². The number of nitrogens with one attached hydrogen (secondary N) is 1. The van der Waals surface area contributed by atoms with Crippen LogP contribution in [0, 0.1) is 6.92 Å². The maximum Gasteiger partial charge on any atom is 0.270 e. The third-order valence-corrected chi connectivity index (χ3v) is 5.45. The van der Waals surface area contributed by atoms with Crippen molar-refractivity contribution in [1.29, 1.82) is 0 Å². The van der Waals surface area contributed by atoms with Crippen LogP contribution < -0.4 is 10.1 Å². The van der Waals surface area contributed by atoms with Crippen molar-refractivity contribution in [2.75, 3.05) is 7.11 Å². The molecule has 0 fully saturated rings. The summed E-state index contributed by atoms with van der Waals surface area (Å²) in [6.45, 7) is 2.21. The zero-order chi connectivity index (χ0) is 22.8. The summed E-state index contributed by atoms with van der Waals surface area (Å²) in [5.74, 6) is 1.05. The van der Waals surface area contributed by atoms with Gasteiger partial charge in [-0.3, -0.25) is 4.79 Å². The van der Waals surface area contributed by atoms with E-state index in [-0.39, 0.29) is 18.1 Å². The number of aryl methyl sites for hydroxylation is 1. The molecule has 0 aliphatic rings. The van der Waals surface area contributed by atoms with E-state index in [0.29, 0.717) is 22.9 Å². The number of methoxy groups -OCH3 is 1. The molecule has 0 bridgehead atoms. The van der Waals surface area contributed by atoms with Gasteiger partial charge in [0.2, 0.25) is 0 Å². The lowest BCUT2D eigenvalue weighted by atomic mass is 10.1. The summed E-state index contributed by atoms with van der Waals surface area (Å²) in [7, 11) is 1.62. The molecule has 5 rings (SSSR count). The van der Waals surface area contributed by atoms with Crippen LogP contribution in [0.25, 0.3) is 28.0 Å². The van der Waals surface area contributed by atoms with Gasteiger partial charge in [0.05, 0.1) is 31.3 Å². The summed E-state index contributed by atoms with van der Waals surface area (Å²) in [6.07, 6.45) is 1.58. The van der Waals surface area contributed by atoms with E-state index in [2.05, 4.69) is 5.32 Å². The van der Waals surface area contributed by atoms with Crippen molar-refractivity contribution in [2.24, 2.45) is 0 Å². The largest absolute Gasteiger partial charge is 0.496 e. The smallest absolute Gasteiger partial charge is 0.270 e. The van der Waals surface area contributed by atoms with Gasteiger partial charge < -0.3 is 14.5 Å². The number of rotatable bonds is 6. The number of hydrogen-bond acceptors (Lipinski definition) is 5. The van der Waals surface area contributed by atoms with E-state index < -0.39 is 0 Å². The minimum atomic E-state index is -0.303. The lowest BCUT2D eigenvalue weighted by Crippen LogP contribution is -2.24. The third kappa shape index (κ3) is 3.85. The maximum atomic E-state index is 13.1. The van der Waals surface area contributed by atoms with Crippen LogP contribution in [0.1, 0.15) is 21.9 Å². The number of fused-ring (bicyclic) bond motifs is 1. The first kappa shape index (κ1) is 20.5. The lowest BCUT2D eigenvalue weighted by Gasteiger charge is -2.12. The molecule has 0 saturated carbocycles. The normalized spacial score (nSPS) is 11.0. The summed E-state index contributed by atoms with van der Waals surface area (Å²) in [4.78, 5) is 17.8. The van der Waals surface area contributed by atoms with Gasteiger partial charge in [-0.25, -0.2) is 9.50 Å². The maximum absolute atomic E-state index is 13.1. The molecule has 0 aliphatic heterocycles. The Bertz CT molecular complexity index is 1420. The first-order valence-corrected chi connectivity index (χ1v) is 10.6. The highest BCUT2D eigenvalue weighted by atomic mass is 16.5. The second-order valence-electron chi connectivity index (χ2n) is 7.55. The zero-order valence-electron chi connectivity index (χ0n) is 18.3. The molecular formula is C26H22N4O3. The Hall–Kier alpha value is -4.39. The molecule has 0 atom stereocenters. The van der Waals surface area contributed by atoms with Crippen molar-refractivity contribution in [1.82, 2.24) is 19.9 Å². The van der Waals surface area contributed by atoms with E-state index >= 15 is 0 Å². The number of carbonyl (C=O) groups excluding carboxylic acids is 1. The van der Waals surface area contributed by atoms with Gasteiger partial charge in [0.1, 0.15) is 17.2 Å². The number of aromatic nitrogens is 3. The molecule has 0 saturated heterocycles. The number of amides is 1. The average molecular weight is 438 g/mol. The van der Waals surface area contributed by atoms with Crippen LogP contribution in [0.3, 0.4) is 0 Å². The third-order valence-electron chi connectivity index (χ3n) is 5.45. The van der Waals surface area contributed by atoms with Gasteiger partial charge in [-0.05, 0) is 42.8 Å². The lowest BCUT2D eigenvalue weighted by molar-refractivity contribution is 0.0943. The second-order valence-corrected chi connectivity index (χ2v) is 7.55. The molecule has 1 amide bonds. The molecule has 7 heteroatoms. The molecule has 3 aromatic heterocycles. The molecule has 5 aromatic rings. The van der Waals surface area contributed by atoms with Gasteiger partial charge in [0, 0.05) is 11.1 Å². The van der Waals surface area contributed by atoms with Crippen molar-refractivity contribution < 1.29 is 13.9 Å². The van der Waals surface area contributed by atoms with E-state index in [1.165, 1.54) is 0 Å². The molecule has 0 radical (unpaired) electrons. The van der Waals surface area contributed by atoms with Crippen molar-refractivity contribution >= 4 is 11.6 Å². The fourth-order valence-electron chi connectivity index (χ4n) is 3.90. The number of benzene rings is 2. The summed E-state index contributed by atoms with van der Waals surface area (Å²) in [5.41, 5.74) is 5.10.